The maximum atomic E-state index is 11.8. The van der Waals surface area contributed by atoms with Gasteiger partial charge in [0.15, 0.2) is 0 Å². The molecular formula is C31H28O2S. The van der Waals surface area contributed by atoms with Gasteiger partial charge in [0.1, 0.15) is 0 Å². The van der Waals surface area contributed by atoms with Gasteiger partial charge in [-0.2, -0.15) is 0 Å². The number of ether oxygens (including phenoxy) is 1. The summed E-state index contributed by atoms with van der Waals surface area (Å²) >= 11 is 1.96. The highest BCUT2D eigenvalue weighted by molar-refractivity contribution is 7.99. The summed E-state index contributed by atoms with van der Waals surface area (Å²) in [7, 11) is 1.41. The molecule has 0 saturated heterocycles. The first kappa shape index (κ1) is 22.5. The Kier molecular flexibility index (Phi) is 6.05. The van der Waals surface area contributed by atoms with Gasteiger partial charge in [-0.1, -0.05) is 80.6 Å². The van der Waals surface area contributed by atoms with Crippen molar-refractivity contribution in [2.24, 2.45) is 0 Å². The maximum absolute atomic E-state index is 11.8. The van der Waals surface area contributed by atoms with Gasteiger partial charge < -0.3 is 4.74 Å². The zero-order valence-corrected chi connectivity index (χ0v) is 20.6. The van der Waals surface area contributed by atoms with Crippen molar-refractivity contribution in [1.82, 2.24) is 0 Å². The largest absolute Gasteiger partial charge is 0.465 e. The Bertz CT molecular complexity index is 1340. The number of carbonyl (C=O) groups excluding carboxylic acids is 1. The standard InChI is InChI=1S/C31H28O2S/c1-31(2)17-18-34-29-20-25(14-16-28(29)31)27-19-24(13-15-26(27)22-7-5-4-6-8-22)21-9-11-23(12-10-21)30(32)33-3/h4-16,19-20H,17-18H2,1-3H3. The Morgan fingerprint density at radius 2 is 1.47 bits per heavy atom. The van der Waals surface area contributed by atoms with Crippen molar-refractivity contribution in [1.29, 1.82) is 0 Å². The average molecular weight is 465 g/mol. The summed E-state index contributed by atoms with van der Waals surface area (Å²) in [6.07, 6.45) is 1.20. The summed E-state index contributed by atoms with van der Waals surface area (Å²) in [5.74, 6) is 0.836. The van der Waals surface area contributed by atoms with Gasteiger partial charge in [0.05, 0.1) is 12.7 Å². The second-order valence-electron chi connectivity index (χ2n) is 9.39. The number of methoxy groups -OCH3 is 1. The predicted molar refractivity (Wildman–Crippen MR) is 142 cm³/mol. The fraction of sp³-hybridized carbons (Fsp3) is 0.194. The maximum Gasteiger partial charge on any atom is 0.337 e. The minimum atomic E-state index is -0.318. The van der Waals surface area contributed by atoms with E-state index in [0.717, 1.165) is 16.9 Å². The molecule has 0 aromatic heterocycles. The summed E-state index contributed by atoms with van der Waals surface area (Å²) < 4.78 is 4.84. The van der Waals surface area contributed by atoms with Crippen molar-refractivity contribution in [3.63, 3.8) is 0 Å². The smallest absolute Gasteiger partial charge is 0.337 e. The summed E-state index contributed by atoms with van der Waals surface area (Å²) in [5.41, 5.74) is 9.28. The van der Waals surface area contributed by atoms with Gasteiger partial charge in [-0.05, 0) is 80.8 Å². The fourth-order valence-corrected chi connectivity index (χ4v) is 6.21. The van der Waals surface area contributed by atoms with E-state index in [2.05, 4.69) is 80.6 Å². The third-order valence-corrected chi connectivity index (χ3v) is 7.81. The van der Waals surface area contributed by atoms with Crippen LogP contribution in [0, 0.1) is 0 Å². The van der Waals surface area contributed by atoms with Gasteiger partial charge in [-0.15, -0.1) is 11.8 Å². The summed E-state index contributed by atoms with van der Waals surface area (Å²) in [6, 6.07) is 31.8. The number of hydrogen-bond acceptors (Lipinski definition) is 3. The van der Waals surface area contributed by atoms with Crippen molar-refractivity contribution in [3.8, 4) is 33.4 Å². The van der Waals surface area contributed by atoms with Gasteiger partial charge in [-0.25, -0.2) is 4.79 Å². The third-order valence-electron chi connectivity index (χ3n) is 6.75. The van der Waals surface area contributed by atoms with Crippen LogP contribution in [-0.4, -0.2) is 18.8 Å². The molecule has 0 fully saturated rings. The second-order valence-corrected chi connectivity index (χ2v) is 10.5. The number of esters is 1. The molecule has 1 aliphatic heterocycles. The molecule has 0 aliphatic carbocycles. The molecule has 1 heterocycles. The van der Waals surface area contributed by atoms with Gasteiger partial charge in [0.25, 0.3) is 0 Å². The molecule has 0 spiro atoms. The lowest BCUT2D eigenvalue weighted by Gasteiger charge is -2.32. The number of rotatable bonds is 4. The highest BCUT2D eigenvalue weighted by Crippen LogP contribution is 2.44. The third kappa shape index (κ3) is 4.28. The number of thioether (sulfide) groups is 1. The van der Waals surface area contributed by atoms with E-state index in [-0.39, 0.29) is 11.4 Å². The van der Waals surface area contributed by atoms with E-state index in [1.807, 2.05) is 36.0 Å². The highest BCUT2D eigenvalue weighted by Gasteiger charge is 2.28. The van der Waals surface area contributed by atoms with Crippen molar-refractivity contribution in [2.75, 3.05) is 12.9 Å². The van der Waals surface area contributed by atoms with Crippen molar-refractivity contribution < 1.29 is 9.53 Å². The molecule has 34 heavy (non-hydrogen) atoms. The van der Waals surface area contributed by atoms with Crippen LogP contribution in [0.15, 0.2) is 95.9 Å². The molecular weight excluding hydrogens is 436 g/mol. The van der Waals surface area contributed by atoms with E-state index in [4.69, 9.17) is 4.74 Å². The summed E-state index contributed by atoms with van der Waals surface area (Å²) in [4.78, 5) is 13.2. The molecule has 0 bridgehead atoms. The van der Waals surface area contributed by atoms with E-state index in [1.165, 1.54) is 46.2 Å². The Labute approximate surface area is 206 Å². The van der Waals surface area contributed by atoms with E-state index >= 15 is 0 Å². The van der Waals surface area contributed by atoms with Crippen LogP contribution in [0.4, 0.5) is 0 Å². The minimum absolute atomic E-state index is 0.213. The Hall–Kier alpha value is -3.30. The SMILES string of the molecule is COC(=O)c1ccc(-c2ccc(-c3ccccc3)c(-c3ccc4c(c3)SCCC4(C)C)c2)cc1. The Morgan fingerprint density at radius 1 is 0.765 bits per heavy atom. The first-order chi connectivity index (χ1) is 16.5. The first-order valence-electron chi connectivity index (χ1n) is 11.6. The van der Waals surface area contributed by atoms with Crippen LogP contribution in [0.25, 0.3) is 33.4 Å². The Balaban J connectivity index is 1.63. The van der Waals surface area contributed by atoms with Crippen LogP contribution in [0.1, 0.15) is 36.2 Å². The van der Waals surface area contributed by atoms with Crippen LogP contribution in [-0.2, 0) is 10.2 Å². The van der Waals surface area contributed by atoms with Gasteiger partial charge >= 0.3 is 5.97 Å². The average Bonchev–Trinajstić information content (AvgIpc) is 2.88. The lowest BCUT2D eigenvalue weighted by Crippen LogP contribution is -2.22. The molecule has 0 unspecified atom stereocenters. The van der Waals surface area contributed by atoms with Gasteiger partial charge in [-0.3, -0.25) is 0 Å². The first-order valence-corrected chi connectivity index (χ1v) is 12.6. The summed E-state index contributed by atoms with van der Waals surface area (Å²) in [5, 5.41) is 0. The molecule has 0 atom stereocenters. The molecule has 1 aliphatic rings. The minimum Gasteiger partial charge on any atom is -0.465 e. The van der Waals surface area contributed by atoms with Crippen molar-refractivity contribution in [3.05, 3.63) is 102 Å². The molecule has 5 rings (SSSR count). The highest BCUT2D eigenvalue weighted by atomic mass is 32.2. The molecule has 3 heteroatoms. The quantitative estimate of drug-likeness (QED) is 0.284. The number of hydrogen-bond donors (Lipinski definition) is 0. The molecule has 4 aromatic rings. The second kappa shape index (κ2) is 9.15. The molecule has 2 nitrogen and oxygen atoms in total. The number of fused-ring (bicyclic) bond motifs is 1. The number of benzene rings is 4. The van der Waals surface area contributed by atoms with Crippen LogP contribution in [0.3, 0.4) is 0 Å². The number of carbonyl (C=O) groups is 1. The van der Waals surface area contributed by atoms with Gasteiger partial charge in [0, 0.05) is 4.90 Å². The monoisotopic (exact) mass is 464 g/mol. The van der Waals surface area contributed by atoms with Crippen LogP contribution in [0.5, 0.6) is 0 Å². The van der Waals surface area contributed by atoms with Crippen LogP contribution < -0.4 is 0 Å². The molecule has 4 aromatic carbocycles. The topological polar surface area (TPSA) is 26.3 Å². The van der Waals surface area contributed by atoms with Gasteiger partial charge in [0.2, 0.25) is 0 Å². The van der Waals surface area contributed by atoms with E-state index < -0.39 is 0 Å². The molecule has 0 N–H and O–H groups in total. The lowest BCUT2D eigenvalue weighted by molar-refractivity contribution is 0.0600. The van der Waals surface area contributed by atoms with Crippen LogP contribution in [0.2, 0.25) is 0 Å². The molecule has 0 saturated carbocycles. The van der Waals surface area contributed by atoms with Crippen molar-refractivity contribution >= 4 is 17.7 Å². The zero-order chi connectivity index (χ0) is 23.7. The lowest BCUT2D eigenvalue weighted by atomic mass is 9.81. The Morgan fingerprint density at radius 3 is 2.21 bits per heavy atom. The van der Waals surface area contributed by atoms with Crippen LogP contribution >= 0.6 is 11.8 Å². The molecule has 170 valence electrons. The normalized spacial score (nSPS) is 14.3. The fourth-order valence-electron chi connectivity index (χ4n) is 4.67. The van der Waals surface area contributed by atoms with E-state index in [1.54, 1.807) is 0 Å². The molecule has 0 amide bonds. The van der Waals surface area contributed by atoms with E-state index in [0.29, 0.717) is 5.56 Å². The summed E-state index contributed by atoms with van der Waals surface area (Å²) in [6.45, 7) is 4.69. The predicted octanol–water partition coefficient (Wildman–Crippen LogP) is 8.25. The molecule has 0 radical (unpaired) electrons. The zero-order valence-electron chi connectivity index (χ0n) is 19.8. The van der Waals surface area contributed by atoms with Crippen molar-refractivity contribution in [2.45, 2.75) is 30.6 Å². The van der Waals surface area contributed by atoms with E-state index in [9.17, 15) is 4.79 Å².